The van der Waals surface area contributed by atoms with Crippen molar-refractivity contribution in [3.8, 4) is 17.0 Å². The Hall–Kier alpha value is -4.86. The molecule has 36 heavy (non-hydrogen) atoms. The van der Waals surface area contributed by atoms with E-state index in [-0.39, 0.29) is 5.75 Å². The number of hydrogen-bond donors (Lipinski definition) is 2. The molecule has 2 N–H and O–H groups in total. The summed E-state index contributed by atoms with van der Waals surface area (Å²) in [5.41, 5.74) is 5.98. The van der Waals surface area contributed by atoms with Crippen molar-refractivity contribution in [1.29, 1.82) is 0 Å². The molecule has 0 spiro atoms. The summed E-state index contributed by atoms with van der Waals surface area (Å²) in [5.74, 6) is -0.285. The number of anilines is 1. The Morgan fingerprint density at radius 1 is 1.00 bits per heavy atom. The van der Waals surface area contributed by atoms with Crippen LogP contribution in [0.2, 0.25) is 0 Å². The van der Waals surface area contributed by atoms with Gasteiger partial charge in [0, 0.05) is 22.8 Å². The smallest absolute Gasteiger partial charge is 0.406 e. The number of urea groups is 1. The Kier molecular flexibility index (Phi) is 5.99. The lowest BCUT2D eigenvalue weighted by atomic mass is 10.1. The number of amides is 2. The van der Waals surface area contributed by atoms with Crippen LogP contribution in [0.3, 0.4) is 0 Å². The van der Waals surface area contributed by atoms with Crippen LogP contribution >= 0.6 is 0 Å². The van der Waals surface area contributed by atoms with Gasteiger partial charge in [0.15, 0.2) is 0 Å². The minimum atomic E-state index is -4.74. The number of ether oxygens (including phenoxy) is 1. The van der Waals surface area contributed by atoms with Gasteiger partial charge in [0.2, 0.25) is 0 Å². The minimum Gasteiger partial charge on any atom is -0.406 e. The predicted octanol–water partition coefficient (Wildman–Crippen LogP) is 6.21. The maximum absolute atomic E-state index is 12.4. The molecule has 0 bridgehead atoms. The number of fused-ring (bicyclic) bond motifs is 3. The zero-order valence-electron chi connectivity index (χ0n) is 18.5. The lowest BCUT2D eigenvalue weighted by molar-refractivity contribution is -0.274. The zero-order valence-corrected chi connectivity index (χ0v) is 18.5. The Morgan fingerprint density at radius 2 is 1.78 bits per heavy atom. The Morgan fingerprint density at radius 3 is 2.53 bits per heavy atom. The molecule has 0 saturated carbocycles. The molecule has 5 aromatic rings. The lowest BCUT2D eigenvalue weighted by Gasteiger charge is -2.09. The van der Waals surface area contributed by atoms with E-state index in [1.165, 1.54) is 18.3 Å². The van der Waals surface area contributed by atoms with Crippen LogP contribution < -0.4 is 15.5 Å². The number of para-hydroxylation sites is 1. The van der Waals surface area contributed by atoms with Crippen molar-refractivity contribution in [2.75, 3.05) is 5.32 Å². The predicted molar refractivity (Wildman–Crippen MR) is 131 cm³/mol. The molecule has 10 heteroatoms. The summed E-state index contributed by atoms with van der Waals surface area (Å²) in [6, 6.07) is 21.8. The second-order valence-corrected chi connectivity index (χ2v) is 7.76. The van der Waals surface area contributed by atoms with Gasteiger partial charge < -0.3 is 10.1 Å². The molecular weight excluding hydrogens is 471 g/mol. The Bertz CT molecular complexity index is 1560. The topological polar surface area (TPSA) is 80.0 Å². The number of carbonyl (C=O) groups excluding carboxylic acids is 1. The van der Waals surface area contributed by atoms with Gasteiger partial charge in [0.25, 0.3) is 0 Å². The molecule has 0 unspecified atom stereocenters. The summed E-state index contributed by atoms with van der Waals surface area (Å²) >= 11 is 0. The summed E-state index contributed by atoms with van der Waals surface area (Å²) in [4.78, 5) is 16.5. The van der Waals surface area contributed by atoms with Crippen molar-refractivity contribution in [2.45, 2.75) is 6.36 Å². The third kappa shape index (κ3) is 5.12. The van der Waals surface area contributed by atoms with Gasteiger partial charge in [-0.1, -0.05) is 24.3 Å². The molecule has 180 valence electrons. The van der Waals surface area contributed by atoms with Gasteiger partial charge >= 0.3 is 12.4 Å². The van der Waals surface area contributed by atoms with E-state index in [0.717, 1.165) is 22.0 Å². The van der Waals surface area contributed by atoms with E-state index in [1.807, 2.05) is 53.1 Å². The van der Waals surface area contributed by atoms with E-state index < -0.39 is 12.4 Å². The highest BCUT2D eigenvalue weighted by atomic mass is 19.4. The number of nitrogens with one attached hydrogen (secondary N) is 2. The molecule has 0 aliphatic carbocycles. The van der Waals surface area contributed by atoms with Gasteiger partial charge in [-0.25, -0.2) is 15.2 Å². The molecule has 2 aromatic heterocycles. The van der Waals surface area contributed by atoms with E-state index in [4.69, 9.17) is 0 Å². The summed E-state index contributed by atoms with van der Waals surface area (Å²) in [5, 5.41) is 8.46. The highest BCUT2D eigenvalue weighted by Crippen LogP contribution is 2.29. The van der Waals surface area contributed by atoms with Crippen molar-refractivity contribution in [3.05, 3.63) is 96.8 Å². The number of nitrogens with zero attached hydrogens (tertiary/aromatic N) is 3. The number of rotatable bonds is 5. The third-order valence-electron chi connectivity index (χ3n) is 5.31. The van der Waals surface area contributed by atoms with Gasteiger partial charge in [-0.3, -0.25) is 4.40 Å². The van der Waals surface area contributed by atoms with Gasteiger partial charge in [-0.05, 0) is 65.5 Å². The zero-order chi connectivity index (χ0) is 25.1. The Labute approximate surface area is 202 Å². The number of alkyl halides is 3. The molecule has 0 radical (unpaired) electrons. The average Bonchev–Trinajstić information content (AvgIpc) is 3.29. The number of aromatic nitrogens is 2. The number of carbonyl (C=O) groups is 1. The van der Waals surface area contributed by atoms with Crippen molar-refractivity contribution in [2.24, 2.45) is 5.10 Å². The highest BCUT2D eigenvalue weighted by molar-refractivity contribution is 5.98. The van der Waals surface area contributed by atoms with Crippen LogP contribution in [-0.4, -0.2) is 28.0 Å². The SMILES string of the molecule is O=C(NN=Cc1ccc2c(ccn3c(-c4ccc(OC(F)(F)F)cc4)cnc23)c1)Nc1ccccc1. The third-order valence-corrected chi connectivity index (χ3v) is 5.31. The number of imidazole rings is 1. The van der Waals surface area contributed by atoms with E-state index in [1.54, 1.807) is 30.5 Å². The first-order chi connectivity index (χ1) is 17.4. The van der Waals surface area contributed by atoms with E-state index in [2.05, 4.69) is 25.6 Å². The van der Waals surface area contributed by atoms with Gasteiger partial charge in [-0.15, -0.1) is 13.2 Å². The van der Waals surface area contributed by atoms with Gasteiger partial charge in [-0.2, -0.15) is 5.10 Å². The molecule has 5 rings (SSSR count). The van der Waals surface area contributed by atoms with Crippen LogP contribution in [0.5, 0.6) is 5.75 Å². The average molecular weight is 489 g/mol. The second kappa shape index (κ2) is 9.41. The number of halogens is 3. The molecule has 0 aliphatic heterocycles. The first kappa shape index (κ1) is 22.9. The number of benzene rings is 3. The fraction of sp³-hybridized carbons (Fsp3) is 0.0385. The second-order valence-electron chi connectivity index (χ2n) is 7.76. The molecule has 0 atom stereocenters. The van der Waals surface area contributed by atoms with Crippen LogP contribution in [0.15, 0.2) is 96.4 Å². The van der Waals surface area contributed by atoms with Crippen molar-refractivity contribution >= 4 is 34.4 Å². The molecule has 0 saturated heterocycles. The maximum Gasteiger partial charge on any atom is 0.573 e. The maximum atomic E-state index is 12.4. The van der Waals surface area contributed by atoms with Crippen LogP contribution in [0.1, 0.15) is 5.56 Å². The molecule has 2 amide bonds. The largest absolute Gasteiger partial charge is 0.573 e. The van der Waals surface area contributed by atoms with Gasteiger partial charge in [0.05, 0.1) is 18.1 Å². The van der Waals surface area contributed by atoms with Crippen molar-refractivity contribution in [1.82, 2.24) is 14.8 Å². The fourth-order valence-corrected chi connectivity index (χ4v) is 3.76. The monoisotopic (exact) mass is 489 g/mol. The molecule has 0 fully saturated rings. The van der Waals surface area contributed by atoms with Crippen LogP contribution in [-0.2, 0) is 0 Å². The number of hydrazone groups is 1. The molecule has 7 nitrogen and oxygen atoms in total. The highest BCUT2D eigenvalue weighted by Gasteiger charge is 2.31. The normalized spacial score (nSPS) is 11.8. The Balaban J connectivity index is 1.33. The first-order valence-electron chi connectivity index (χ1n) is 10.8. The van der Waals surface area contributed by atoms with Crippen molar-refractivity contribution in [3.63, 3.8) is 0 Å². The fourth-order valence-electron chi connectivity index (χ4n) is 3.76. The lowest BCUT2D eigenvalue weighted by Crippen LogP contribution is -2.24. The van der Waals surface area contributed by atoms with Crippen LogP contribution in [0, 0.1) is 0 Å². The molecule has 0 aliphatic rings. The summed E-state index contributed by atoms with van der Waals surface area (Å²) in [6.07, 6.45) is 0.305. The summed E-state index contributed by atoms with van der Waals surface area (Å²) in [7, 11) is 0. The number of pyridine rings is 1. The van der Waals surface area contributed by atoms with Crippen LogP contribution in [0.4, 0.5) is 23.7 Å². The van der Waals surface area contributed by atoms with Crippen LogP contribution in [0.25, 0.3) is 27.7 Å². The standard InChI is InChI=1S/C26H18F3N5O2/c27-26(28,29)36-21-9-7-18(8-10-21)23-16-30-24-22-11-6-17(14-19(22)12-13-34(23)24)15-31-33-25(35)32-20-4-2-1-3-5-20/h1-16H,(H2,32,33,35). The first-order valence-corrected chi connectivity index (χ1v) is 10.8. The minimum absolute atomic E-state index is 0.285. The van der Waals surface area contributed by atoms with E-state index in [0.29, 0.717) is 16.9 Å². The van der Waals surface area contributed by atoms with Gasteiger partial charge in [0.1, 0.15) is 11.4 Å². The quantitative estimate of drug-likeness (QED) is 0.228. The molecule has 2 heterocycles. The van der Waals surface area contributed by atoms with Crippen molar-refractivity contribution < 1.29 is 22.7 Å². The van der Waals surface area contributed by atoms with E-state index >= 15 is 0 Å². The van der Waals surface area contributed by atoms with E-state index in [9.17, 15) is 18.0 Å². The molecule has 3 aromatic carbocycles. The number of hydrogen-bond acceptors (Lipinski definition) is 4. The summed E-state index contributed by atoms with van der Waals surface area (Å²) < 4.78 is 43.1. The summed E-state index contributed by atoms with van der Waals surface area (Å²) in [6.45, 7) is 0. The molecular formula is C26H18F3N5O2.